The first-order chi connectivity index (χ1) is 8.31. The quantitative estimate of drug-likeness (QED) is 0.854. The zero-order chi connectivity index (χ0) is 12.3. The minimum atomic E-state index is 0.830. The third-order valence-electron chi connectivity index (χ3n) is 3.01. The number of hydrogen-bond acceptors (Lipinski definition) is 3. The van der Waals surface area contributed by atoms with Crippen molar-refractivity contribution in [1.82, 2.24) is 14.7 Å². The topological polar surface area (TPSA) is 32.6 Å². The van der Waals surface area contributed by atoms with Crippen molar-refractivity contribution in [2.75, 3.05) is 25.0 Å². The molecular formula is C13H20N4. The molecule has 0 fully saturated rings. The predicted molar refractivity (Wildman–Crippen MR) is 71.5 cm³/mol. The molecule has 2 heterocycles. The van der Waals surface area contributed by atoms with Crippen LogP contribution >= 0.6 is 0 Å². The number of pyridine rings is 1. The normalized spacial score (nSPS) is 11.0. The molecule has 0 unspecified atom stereocenters. The van der Waals surface area contributed by atoms with E-state index in [1.165, 1.54) is 5.69 Å². The molecule has 0 amide bonds. The molecule has 0 atom stereocenters. The highest BCUT2D eigenvalue weighted by molar-refractivity contribution is 5.55. The van der Waals surface area contributed by atoms with E-state index in [1.54, 1.807) is 0 Å². The first kappa shape index (κ1) is 11.9. The van der Waals surface area contributed by atoms with Gasteiger partial charge in [-0.15, -0.1) is 0 Å². The molecule has 0 spiro atoms. The van der Waals surface area contributed by atoms with Gasteiger partial charge in [0.25, 0.3) is 0 Å². The Kier molecular flexibility index (Phi) is 3.64. The molecule has 4 nitrogen and oxygen atoms in total. The summed E-state index contributed by atoms with van der Waals surface area (Å²) in [7, 11) is 1.97. The average molecular weight is 232 g/mol. The van der Waals surface area contributed by atoms with E-state index in [2.05, 4.69) is 34.7 Å². The summed E-state index contributed by atoms with van der Waals surface area (Å²) in [4.78, 5) is 7.01. The maximum absolute atomic E-state index is 4.72. The van der Waals surface area contributed by atoms with E-state index in [4.69, 9.17) is 4.98 Å². The van der Waals surface area contributed by atoms with Gasteiger partial charge in [0.05, 0.1) is 5.69 Å². The van der Waals surface area contributed by atoms with Gasteiger partial charge in [-0.1, -0.05) is 6.07 Å². The summed E-state index contributed by atoms with van der Waals surface area (Å²) >= 11 is 0. The second kappa shape index (κ2) is 5.19. The Bertz CT molecular complexity index is 485. The van der Waals surface area contributed by atoms with E-state index in [1.807, 2.05) is 25.2 Å². The molecule has 92 valence electrons. The third kappa shape index (κ3) is 2.13. The van der Waals surface area contributed by atoms with E-state index in [9.17, 15) is 0 Å². The summed E-state index contributed by atoms with van der Waals surface area (Å²) in [6.07, 6.45) is 2.07. The molecular weight excluding hydrogens is 212 g/mol. The van der Waals surface area contributed by atoms with Gasteiger partial charge in [0.2, 0.25) is 0 Å². The van der Waals surface area contributed by atoms with Crippen LogP contribution in [0, 0.1) is 0 Å². The summed E-state index contributed by atoms with van der Waals surface area (Å²) in [5, 5.41) is 3.22. The number of nitrogens with one attached hydrogen (secondary N) is 1. The van der Waals surface area contributed by atoms with Gasteiger partial charge in [0.1, 0.15) is 5.65 Å². The van der Waals surface area contributed by atoms with E-state index >= 15 is 0 Å². The fraction of sp³-hybridized carbons (Fsp3) is 0.462. The molecule has 0 saturated heterocycles. The maximum Gasteiger partial charge on any atom is 0.152 e. The van der Waals surface area contributed by atoms with Crippen LogP contribution in [0.3, 0.4) is 0 Å². The van der Waals surface area contributed by atoms with Gasteiger partial charge in [0, 0.05) is 25.8 Å². The van der Waals surface area contributed by atoms with Crippen LogP contribution in [0.5, 0.6) is 0 Å². The highest BCUT2D eigenvalue weighted by Gasteiger charge is 2.14. The molecule has 0 aromatic carbocycles. The molecule has 0 aliphatic heterocycles. The molecule has 0 aliphatic rings. The van der Waals surface area contributed by atoms with Gasteiger partial charge in [0.15, 0.2) is 5.82 Å². The highest BCUT2D eigenvalue weighted by atomic mass is 15.2. The Morgan fingerprint density at radius 2 is 2.06 bits per heavy atom. The lowest BCUT2D eigenvalue weighted by Gasteiger charge is -2.19. The van der Waals surface area contributed by atoms with Crippen LogP contribution < -0.4 is 10.2 Å². The number of aromatic nitrogens is 2. The lowest BCUT2D eigenvalue weighted by atomic mass is 10.3. The molecule has 2 aromatic rings. The molecule has 2 aromatic heterocycles. The SMILES string of the molecule is CCN(CC)c1nc2ccccn2c1CNC. The average Bonchev–Trinajstić information content (AvgIpc) is 2.71. The fourth-order valence-corrected chi connectivity index (χ4v) is 2.14. The van der Waals surface area contributed by atoms with Gasteiger partial charge in [-0.3, -0.25) is 0 Å². The maximum atomic E-state index is 4.72. The van der Waals surface area contributed by atoms with Crippen LogP contribution in [0.25, 0.3) is 5.65 Å². The summed E-state index contributed by atoms with van der Waals surface area (Å²) < 4.78 is 2.16. The van der Waals surface area contributed by atoms with Gasteiger partial charge < -0.3 is 14.6 Å². The number of imidazole rings is 1. The largest absolute Gasteiger partial charge is 0.356 e. The lowest BCUT2D eigenvalue weighted by Crippen LogP contribution is -2.24. The number of nitrogens with zero attached hydrogens (tertiary/aromatic N) is 3. The van der Waals surface area contributed by atoms with Gasteiger partial charge in [-0.25, -0.2) is 4.98 Å². The number of hydrogen-bond donors (Lipinski definition) is 1. The fourth-order valence-electron chi connectivity index (χ4n) is 2.14. The van der Waals surface area contributed by atoms with Crippen molar-refractivity contribution < 1.29 is 0 Å². The molecule has 0 saturated carbocycles. The van der Waals surface area contributed by atoms with Crippen molar-refractivity contribution in [3.8, 4) is 0 Å². The summed E-state index contributed by atoms with van der Waals surface area (Å²) in [5.74, 6) is 1.09. The molecule has 0 radical (unpaired) electrons. The van der Waals surface area contributed by atoms with Gasteiger partial charge in [-0.05, 0) is 33.0 Å². The molecule has 2 rings (SSSR count). The molecule has 1 N–H and O–H groups in total. The molecule has 17 heavy (non-hydrogen) atoms. The molecule has 0 bridgehead atoms. The van der Waals surface area contributed by atoms with Crippen LogP contribution in [0.1, 0.15) is 19.5 Å². The van der Waals surface area contributed by atoms with Gasteiger partial charge >= 0.3 is 0 Å². The number of fused-ring (bicyclic) bond motifs is 1. The van der Waals surface area contributed by atoms with E-state index in [0.29, 0.717) is 0 Å². The number of rotatable bonds is 5. The third-order valence-corrected chi connectivity index (χ3v) is 3.01. The Labute approximate surface area is 102 Å². The first-order valence-corrected chi connectivity index (χ1v) is 6.17. The second-order valence-corrected chi connectivity index (χ2v) is 4.01. The summed E-state index contributed by atoms with van der Waals surface area (Å²) in [5.41, 5.74) is 2.24. The number of anilines is 1. The standard InChI is InChI=1S/C13H20N4/c1-4-16(5-2)13-11(10-14-3)17-9-7-6-8-12(17)15-13/h6-9,14H,4-5,10H2,1-3H3. The van der Waals surface area contributed by atoms with Crippen LogP contribution in [0.4, 0.5) is 5.82 Å². The smallest absolute Gasteiger partial charge is 0.152 e. The van der Waals surface area contributed by atoms with Crippen molar-refractivity contribution in [1.29, 1.82) is 0 Å². The van der Waals surface area contributed by atoms with Crippen molar-refractivity contribution in [3.05, 3.63) is 30.1 Å². The summed E-state index contributed by atoms with van der Waals surface area (Å²) in [6, 6.07) is 6.11. The predicted octanol–water partition coefficient (Wildman–Crippen LogP) is 1.90. The zero-order valence-electron chi connectivity index (χ0n) is 10.8. The summed E-state index contributed by atoms with van der Waals surface area (Å²) in [6.45, 7) is 7.12. The van der Waals surface area contributed by atoms with Crippen LogP contribution in [0.15, 0.2) is 24.4 Å². The van der Waals surface area contributed by atoms with Crippen LogP contribution in [-0.4, -0.2) is 29.5 Å². The lowest BCUT2D eigenvalue weighted by molar-refractivity contribution is 0.764. The van der Waals surface area contributed by atoms with Crippen molar-refractivity contribution in [2.45, 2.75) is 20.4 Å². The van der Waals surface area contributed by atoms with Crippen molar-refractivity contribution >= 4 is 11.5 Å². The Balaban J connectivity index is 2.56. The Morgan fingerprint density at radius 1 is 1.29 bits per heavy atom. The van der Waals surface area contributed by atoms with Gasteiger partial charge in [-0.2, -0.15) is 0 Å². The van der Waals surface area contributed by atoms with Crippen molar-refractivity contribution in [2.24, 2.45) is 0 Å². The monoisotopic (exact) mass is 232 g/mol. The first-order valence-electron chi connectivity index (χ1n) is 6.17. The Morgan fingerprint density at radius 3 is 2.71 bits per heavy atom. The second-order valence-electron chi connectivity index (χ2n) is 4.01. The van der Waals surface area contributed by atoms with Crippen LogP contribution in [-0.2, 0) is 6.54 Å². The minimum Gasteiger partial charge on any atom is -0.356 e. The van der Waals surface area contributed by atoms with E-state index in [-0.39, 0.29) is 0 Å². The highest BCUT2D eigenvalue weighted by Crippen LogP contribution is 2.21. The minimum absolute atomic E-state index is 0.830. The van der Waals surface area contributed by atoms with E-state index in [0.717, 1.165) is 31.1 Å². The zero-order valence-corrected chi connectivity index (χ0v) is 10.8. The molecule has 4 heteroatoms. The van der Waals surface area contributed by atoms with E-state index < -0.39 is 0 Å². The Hall–Kier alpha value is -1.55. The molecule has 0 aliphatic carbocycles. The van der Waals surface area contributed by atoms with Crippen LogP contribution in [0.2, 0.25) is 0 Å². The van der Waals surface area contributed by atoms with Crippen molar-refractivity contribution in [3.63, 3.8) is 0 Å².